The zero-order chi connectivity index (χ0) is 10.4. The van der Waals surface area contributed by atoms with Gasteiger partial charge < -0.3 is 11.2 Å². The molecule has 0 saturated heterocycles. The van der Waals surface area contributed by atoms with Crippen molar-refractivity contribution in [3.05, 3.63) is 42.1 Å². The minimum absolute atomic E-state index is 0.224. The minimum atomic E-state index is 0.224. The molecule has 0 amide bonds. The Labute approximate surface area is 89.0 Å². The average Bonchev–Trinajstić information content (AvgIpc) is 2.18. The topological polar surface area (TPSA) is 50.1 Å². The molecule has 1 aromatic carbocycles. The van der Waals surface area contributed by atoms with E-state index < -0.39 is 0 Å². The van der Waals surface area contributed by atoms with E-state index in [0.717, 1.165) is 11.1 Å². The number of nitrogens with two attached hydrogens (primary N) is 1. The van der Waals surface area contributed by atoms with E-state index in [1.54, 1.807) is 0 Å². The van der Waals surface area contributed by atoms with Crippen molar-refractivity contribution in [3.8, 4) is 0 Å². The van der Waals surface area contributed by atoms with Crippen LogP contribution in [0, 0.1) is 0 Å². The van der Waals surface area contributed by atoms with Crippen LogP contribution in [-0.4, -0.2) is 5.11 Å². The van der Waals surface area contributed by atoms with Gasteiger partial charge in [0.15, 0.2) is 5.11 Å². The molecule has 0 aliphatic carbocycles. The van der Waals surface area contributed by atoms with Gasteiger partial charge in [-0.2, -0.15) is 0 Å². The molecule has 0 fully saturated rings. The fourth-order valence-corrected chi connectivity index (χ4v) is 1.06. The molecule has 74 valence electrons. The summed E-state index contributed by atoms with van der Waals surface area (Å²) in [6, 6.07) is 10.0. The summed E-state index contributed by atoms with van der Waals surface area (Å²) < 4.78 is 0. The largest absolute Gasteiger partial charge is 0.375 e. The molecule has 0 bridgehead atoms. The van der Waals surface area contributed by atoms with Crippen LogP contribution in [0.2, 0.25) is 0 Å². The van der Waals surface area contributed by atoms with Crippen LogP contribution >= 0.6 is 12.2 Å². The summed E-state index contributed by atoms with van der Waals surface area (Å²) in [6.07, 6.45) is 1.81. The number of thiocarbonyl (C=S) groups is 1. The number of allylic oxidation sites excluding steroid dienone is 1. The Kier molecular flexibility index (Phi) is 3.94. The Morgan fingerprint density at radius 2 is 2.00 bits per heavy atom. The van der Waals surface area contributed by atoms with E-state index >= 15 is 0 Å². The van der Waals surface area contributed by atoms with E-state index in [0.29, 0.717) is 0 Å². The maximum atomic E-state index is 5.25. The standard InChI is InChI=1S/C10H13N3S/c1-8(7-12-13-10(11)14)9-5-3-2-4-6-9/h2-7,12H,1H3,(H3,11,13,14). The minimum Gasteiger partial charge on any atom is -0.375 e. The zero-order valence-corrected chi connectivity index (χ0v) is 8.77. The Balaban J connectivity index is 2.57. The molecule has 0 atom stereocenters. The zero-order valence-electron chi connectivity index (χ0n) is 7.95. The third kappa shape index (κ3) is 3.45. The van der Waals surface area contributed by atoms with E-state index in [1.165, 1.54) is 0 Å². The van der Waals surface area contributed by atoms with Crippen LogP contribution in [0.1, 0.15) is 12.5 Å². The lowest BCUT2D eigenvalue weighted by Crippen LogP contribution is -2.37. The van der Waals surface area contributed by atoms with Crippen LogP contribution < -0.4 is 16.6 Å². The second kappa shape index (κ2) is 5.24. The van der Waals surface area contributed by atoms with Gasteiger partial charge in [-0.05, 0) is 30.3 Å². The number of hydrogen-bond donors (Lipinski definition) is 3. The predicted molar refractivity (Wildman–Crippen MR) is 63.1 cm³/mol. The molecular formula is C10H13N3S. The molecule has 0 unspecified atom stereocenters. The van der Waals surface area contributed by atoms with Gasteiger partial charge in [-0.25, -0.2) is 0 Å². The van der Waals surface area contributed by atoms with E-state index in [1.807, 2.05) is 43.5 Å². The van der Waals surface area contributed by atoms with Crippen molar-refractivity contribution in [1.29, 1.82) is 0 Å². The van der Waals surface area contributed by atoms with Crippen LogP contribution in [0.4, 0.5) is 0 Å². The highest BCUT2D eigenvalue weighted by atomic mass is 32.1. The summed E-state index contributed by atoms with van der Waals surface area (Å²) in [5.41, 5.74) is 12.9. The number of hydrogen-bond acceptors (Lipinski definition) is 2. The first-order chi connectivity index (χ1) is 6.70. The van der Waals surface area contributed by atoms with Crippen LogP contribution in [0.5, 0.6) is 0 Å². The van der Waals surface area contributed by atoms with Gasteiger partial charge >= 0.3 is 0 Å². The first-order valence-electron chi connectivity index (χ1n) is 4.23. The van der Waals surface area contributed by atoms with Crippen LogP contribution in [0.25, 0.3) is 5.57 Å². The SMILES string of the molecule is CC(=CNNC(N)=S)c1ccccc1. The number of nitrogens with one attached hydrogen (secondary N) is 2. The molecule has 0 saturated carbocycles. The second-order valence-electron chi connectivity index (χ2n) is 2.83. The maximum absolute atomic E-state index is 5.25. The van der Waals surface area contributed by atoms with Gasteiger partial charge in [0.25, 0.3) is 0 Å². The normalized spacial score (nSPS) is 10.8. The van der Waals surface area contributed by atoms with E-state index in [9.17, 15) is 0 Å². The highest BCUT2D eigenvalue weighted by Gasteiger charge is 1.92. The van der Waals surface area contributed by atoms with E-state index in [2.05, 4.69) is 23.1 Å². The molecule has 1 aromatic rings. The van der Waals surface area contributed by atoms with Gasteiger partial charge in [0.05, 0.1) is 0 Å². The molecule has 0 heterocycles. The molecule has 4 heteroatoms. The first-order valence-corrected chi connectivity index (χ1v) is 4.64. The third-order valence-electron chi connectivity index (χ3n) is 1.71. The van der Waals surface area contributed by atoms with Crippen molar-refractivity contribution in [2.45, 2.75) is 6.92 Å². The van der Waals surface area contributed by atoms with Crippen molar-refractivity contribution in [2.75, 3.05) is 0 Å². The summed E-state index contributed by atoms with van der Waals surface area (Å²) in [4.78, 5) is 0. The summed E-state index contributed by atoms with van der Waals surface area (Å²) in [5.74, 6) is 0. The van der Waals surface area contributed by atoms with Gasteiger partial charge in [-0.1, -0.05) is 30.3 Å². The van der Waals surface area contributed by atoms with Crippen LogP contribution in [0.15, 0.2) is 36.5 Å². The smallest absolute Gasteiger partial charge is 0.182 e. The Hall–Kier alpha value is -1.55. The van der Waals surface area contributed by atoms with Crippen molar-refractivity contribution in [2.24, 2.45) is 5.73 Å². The van der Waals surface area contributed by atoms with Crippen LogP contribution in [-0.2, 0) is 0 Å². The van der Waals surface area contributed by atoms with Crippen molar-refractivity contribution < 1.29 is 0 Å². The van der Waals surface area contributed by atoms with Gasteiger partial charge in [-0.3, -0.25) is 5.43 Å². The Bertz CT molecular complexity index is 332. The first kappa shape index (κ1) is 10.5. The fourth-order valence-electron chi connectivity index (χ4n) is 1.000. The second-order valence-corrected chi connectivity index (χ2v) is 3.27. The van der Waals surface area contributed by atoms with Gasteiger partial charge in [0, 0.05) is 6.20 Å². The maximum Gasteiger partial charge on any atom is 0.182 e. The highest BCUT2D eigenvalue weighted by molar-refractivity contribution is 7.80. The Morgan fingerprint density at radius 3 is 2.57 bits per heavy atom. The third-order valence-corrected chi connectivity index (χ3v) is 1.82. The predicted octanol–water partition coefficient (Wildman–Crippen LogP) is 1.39. The molecule has 0 radical (unpaired) electrons. The summed E-state index contributed by atoms with van der Waals surface area (Å²) in [5, 5.41) is 0.224. The molecule has 0 aliphatic rings. The lowest BCUT2D eigenvalue weighted by Gasteiger charge is -2.04. The van der Waals surface area contributed by atoms with Crippen molar-refractivity contribution >= 4 is 22.9 Å². The quantitative estimate of drug-likeness (QED) is 0.518. The molecule has 3 nitrogen and oxygen atoms in total. The molecule has 1 rings (SSSR count). The summed E-state index contributed by atoms with van der Waals surface area (Å²) in [6.45, 7) is 2.00. The monoisotopic (exact) mass is 207 g/mol. The number of rotatable bonds is 3. The molecule has 4 N–H and O–H groups in total. The van der Waals surface area contributed by atoms with Crippen LogP contribution in [0.3, 0.4) is 0 Å². The van der Waals surface area contributed by atoms with E-state index in [4.69, 9.17) is 5.73 Å². The Morgan fingerprint density at radius 1 is 1.36 bits per heavy atom. The number of benzene rings is 1. The summed E-state index contributed by atoms with van der Waals surface area (Å²) in [7, 11) is 0. The number of hydrazine groups is 1. The van der Waals surface area contributed by atoms with Gasteiger partial charge in [0.2, 0.25) is 0 Å². The molecular weight excluding hydrogens is 194 g/mol. The average molecular weight is 207 g/mol. The fraction of sp³-hybridized carbons (Fsp3) is 0.100. The lowest BCUT2D eigenvalue weighted by atomic mass is 10.1. The van der Waals surface area contributed by atoms with Crippen molar-refractivity contribution in [3.63, 3.8) is 0 Å². The molecule has 14 heavy (non-hydrogen) atoms. The molecule has 0 spiro atoms. The lowest BCUT2D eigenvalue weighted by molar-refractivity contribution is 0.824. The summed E-state index contributed by atoms with van der Waals surface area (Å²) >= 11 is 4.64. The van der Waals surface area contributed by atoms with Crippen molar-refractivity contribution in [1.82, 2.24) is 10.9 Å². The molecule has 0 aliphatic heterocycles. The van der Waals surface area contributed by atoms with Gasteiger partial charge in [-0.15, -0.1) is 0 Å². The molecule has 0 aromatic heterocycles. The van der Waals surface area contributed by atoms with Gasteiger partial charge in [0.1, 0.15) is 0 Å². The van der Waals surface area contributed by atoms with E-state index in [-0.39, 0.29) is 5.11 Å². The highest BCUT2D eigenvalue weighted by Crippen LogP contribution is 2.10.